The summed E-state index contributed by atoms with van der Waals surface area (Å²) in [7, 11) is 1.55. The van der Waals surface area contributed by atoms with Crippen molar-refractivity contribution in [3.05, 3.63) is 59.1 Å². The van der Waals surface area contributed by atoms with E-state index in [0.717, 1.165) is 10.0 Å². The zero-order valence-corrected chi connectivity index (χ0v) is 16.1. The lowest BCUT2D eigenvalue weighted by Gasteiger charge is -2.16. The molecule has 0 radical (unpaired) electrons. The minimum Gasteiger partial charge on any atom is -0.335 e. The van der Waals surface area contributed by atoms with Crippen molar-refractivity contribution in [2.75, 3.05) is 18.9 Å². The van der Waals surface area contributed by atoms with E-state index in [1.54, 1.807) is 13.1 Å². The van der Waals surface area contributed by atoms with Crippen LogP contribution in [0.4, 0.5) is 5.69 Å². The number of rotatable bonds is 6. The van der Waals surface area contributed by atoms with Crippen LogP contribution in [0.1, 0.15) is 0 Å². The predicted molar refractivity (Wildman–Crippen MR) is 104 cm³/mol. The van der Waals surface area contributed by atoms with Gasteiger partial charge in [-0.25, -0.2) is 0 Å². The standard InChI is InChI=1S/C18H17BrN6O2/c1-24(11-16(26)20-15-10-6-5-9-14(15)19)17(27)12-25-22-18(21-23-25)13-7-3-2-4-8-13/h2-10H,11-12H2,1H3,(H,20,26). The number of para-hydroxylation sites is 1. The second-order valence-electron chi connectivity index (χ2n) is 5.79. The van der Waals surface area contributed by atoms with Crippen molar-refractivity contribution in [3.8, 4) is 11.4 Å². The Balaban J connectivity index is 1.56. The molecule has 2 amide bonds. The highest BCUT2D eigenvalue weighted by atomic mass is 79.9. The first kappa shape index (κ1) is 18.7. The highest BCUT2D eigenvalue weighted by Gasteiger charge is 2.16. The van der Waals surface area contributed by atoms with E-state index in [9.17, 15) is 9.59 Å². The van der Waals surface area contributed by atoms with Gasteiger partial charge in [0.05, 0.1) is 12.2 Å². The van der Waals surface area contributed by atoms with Gasteiger partial charge in [0.1, 0.15) is 6.54 Å². The molecule has 2 aromatic carbocycles. The van der Waals surface area contributed by atoms with E-state index in [1.165, 1.54) is 9.70 Å². The van der Waals surface area contributed by atoms with Crippen LogP contribution in [0.2, 0.25) is 0 Å². The lowest BCUT2D eigenvalue weighted by atomic mass is 10.2. The number of hydrogen-bond donors (Lipinski definition) is 1. The Labute approximate surface area is 164 Å². The SMILES string of the molecule is CN(CC(=O)Nc1ccccc1Br)C(=O)Cn1nnc(-c2ccccc2)n1. The van der Waals surface area contributed by atoms with Gasteiger partial charge in [-0.1, -0.05) is 42.5 Å². The molecule has 138 valence electrons. The Bertz CT molecular complexity index is 944. The zero-order chi connectivity index (χ0) is 19.2. The van der Waals surface area contributed by atoms with Crippen LogP contribution in [0.5, 0.6) is 0 Å². The van der Waals surface area contributed by atoms with Crippen molar-refractivity contribution in [1.82, 2.24) is 25.1 Å². The Morgan fingerprint density at radius 1 is 1.11 bits per heavy atom. The number of nitrogens with zero attached hydrogens (tertiary/aromatic N) is 5. The molecule has 0 atom stereocenters. The summed E-state index contributed by atoms with van der Waals surface area (Å²) in [5.41, 5.74) is 1.46. The average molecular weight is 429 g/mol. The Hall–Kier alpha value is -3.07. The van der Waals surface area contributed by atoms with Crippen LogP contribution in [-0.4, -0.2) is 50.5 Å². The molecule has 1 N–H and O–H groups in total. The van der Waals surface area contributed by atoms with Gasteiger partial charge < -0.3 is 10.2 Å². The normalized spacial score (nSPS) is 10.4. The number of carbonyl (C=O) groups is 2. The maximum absolute atomic E-state index is 12.3. The molecule has 3 rings (SSSR count). The number of hydrogen-bond acceptors (Lipinski definition) is 5. The number of amides is 2. The molecule has 9 heteroatoms. The molecular weight excluding hydrogens is 412 g/mol. The minimum absolute atomic E-state index is 0.0829. The largest absolute Gasteiger partial charge is 0.335 e. The fourth-order valence-corrected chi connectivity index (χ4v) is 2.69. The minimum atomic E-state index is -0.297. The summed E-state index contributed by atoms with van der Waals surface area (Å²) in [5.74, 6) is -0.152. The van der Waals surface area contributed by atoms with E-state index in [1.807, 2.05) is 48.5 Å². The number of anilines is 1. The lowest BCUT2D eigenvalue weighted by molar-refractivity contribution is -0.134. The third-order valence-electron chi connectivity index (χ3n) is 3.72. The van der Waals surface area contributed by atoms with Crippen LogP contribution in [-0.2, 0) is 16.1 Å². The maximum Gasteiger partial charge on any atom is 0.246 e. The summed E-state index contributed by atoms with van der Waals surface area (Å²) in [6.07, 6.45) is 0. The van der Waals surface area contributed by atoms with Crippen LogP contribution >= 0.6 is 15.9 Å². The summed E-state index contributed by atoms with van der Waals surface area (Å²) in [5, 5.41) is 14.8. The summed E-state index contributed by atoms with van der Waals surface area (Å²) in [6.45, 7) is -0.181. The topological polar surface area (TPSA) is 93.0 Å². The molecule has 0 saturated carbocycles. The predicted octanol–water partition coefficient (Wildman–Crippen LogP) is 2.20. The van der Waals surface area contributed by atoms with E-state index in [4.69, 9.17) is 0 Å². The fourth-order valence-electron chi connectivity index (χ4n) is 2.31. The van der Waals surface area contributed by atoms with Crippen LogP contribution in [0.3, 0.4) is 0 Å². The van der Waals surface area contributed by atoms with Gasteiger partial charge in [0.15, 0.2) is 0 Å². The van der Waals surface area contributed by atoms with Crippen LogP contribution < -0.4 is 5.32 Å². The van der Waals surface area contributed by atoms with Gasteiger partial charge in [-0.05, 0) is 33.3 Å². The smallest absolute Gasteiger partial charge is 0.246 e. The van der Waals surface area contributed by atoms with E-state index < -0.39 is 0 Å². The van der Waals surface area contributed by atoms with Gasteiger partial charge in [-0.2, -0.15) is 4.80 Å². The van der Waals surface area contributed by atoms with E-state index >= 15 is 0 Å². The third-order valence-corrected chi connectivity index (χ3v) is 4.41. The van der Waals surface area contributed by atoms with Crippen LogP contribution in [0.25, 0.3) is 11.4 Å². The lowest BCUT2D eigenvalue weighted by Crippen LogP contribution is -2.37. The summed E-state index contributed by atoms with van der Waals surface area (Å²) in [6, 6.07) is 16.6. The molecule has 0 aliphatic carbocycles. The number of likely N-dealkylation sites (N-methyl/N-ethyl adjacent to an activating group) is 1. The van der Waals surface area contributed by atoms with Crippen molar-refractivity contribution in [2.45, 2.75) is 6.54 Å². The quantitative estimate of drug-likeness (QED) is 0.649. The zero-order valence-electron chi connectivity index (χ0n) is 14.5. The Kier molecular flexibility index (Phi) is 5.92. The number of nitrogens with one attached hydrogen (secondary N) is 1. The summed E-state index contributed by atoms with van der Waals surface area (Å²) in [4.78, 5) is 27.0. The molecule has 3 aromatic rings. The van der Waals surface area contributed by atoms with Gasteiger partial charge in [0.2, 0.25) is 17.6 Å². The third kappa shape index (κ3) is 4.98. The fraction of sp³-hybridized carbons (Fsp3) is 0.167. The number of carbonyl (C=O) groups excluding carboxylic acids is 2. The second-order valence-corrected chi connectivity index (χ2v) is 6.64. The first-order valence-corrected chi connectivity index (χ1v) is 8.94. The molecule has 8 nitrogen and oxygen atoms in total. The van der Waals surface area contributed by atoms with Crippen molar-refractivity contribution in [3.63, 3.8) is 0 Å². The number of aromatic nitrogens is 4. The van der Waals surface area contributed by atoms with E-state index in [0.29, 0.717) is 11.5 Å². The number of benzene rings is 2. The summed E-state index contributed by atoms with van der Waals surface area (Å²) >= 11 is 3.36. The molecule has 0 aliphatic heterocycles. The second kappa shape index (κ2) is 8.54. The first-order chi connectivity index (χ1) is 13.0. The average Bonchev–Trinajstić information content (AvgIpc) is 3.13. The monoisotopic (exact) mass is 428 g/mol. The van der Waals surface area contributed by atoms with Crippen LogP contribution in [0, 0.1) is 0 Å². The number of halogens is 1. The molecule has 27 heavy (non-hydrogen) atoms. The molecule has 0 fully saturated rings. The Morgan fingerprint density at radius 2 is 1.81 bits per heavy atom. The van der Waals surface area contributed by atoms with E-state index in [-0.39, 0.29) is 24.9 Å². The first-order valence-electron chi connectivity index (χ1n) is 8.14. The van der Waals surface area contributed by atoms with Crippen LogP contribution in [0.15, 0.2) is 59.1 Å². The van der Waals surface area contributed by atoms with Gasteiger partial charge in [0, 0.05) is 17.1 Å². The van der Waals surface area contributed by atoms with Gasteiger partial charge >= 0.3 is 0 Å². The molecular formula is C18H17BrN6O2. The van der Waals surface area contributed by atoms with Crippen molar-refractivity contribution >= 4 is 33.4 Å². The van der Waals surface area contributed by atoms with Gasteiger partial charge in [0.25, 0.3) is 0 Å². The molecule has 1 aromatic heterocycles. The molecule has 0 aliphatic rings. The number of tetrazole rings is 1. The maximum atomic E-state index is 12.3. The molecule has 0 unspecified atom stereocenters. The molecule has 0 saturated heterocycles. The van der Waals surface area contributed by atoms with Crippen molar-refractivity contribution in [1.29, 1.82) is 0 Å². The summed E-state index contributed by atoms with van der Waals surface area (Å²) < 4.78 is 0.771. The van der Waals surface area contributed by atoms with Crippen molar-refractivity contribution in [2.24, 2.45) is 0 Å². The van der Waals surface area contributed by atoms with E-state index in [2.05, 4.69) is 36.7 Å². The molecule has 0 spiro atoms. The highest BCUT2D eigenvalue weighted by molar-refractivity contribution is 9.10. The van der Waals surface area contributed by atoms with Crippen molar-refractivity contribution < 1.29 is 9.59 Å². The van der Waals surface area contributed by atoms with Gasteiger partial charge in [-0.3, -0.25) is 9.59 Å². The molecule has 0 bridgehead atoms. The Morgan fingerprint density at radius 3 is 2.56 bits per heavy atom. The molecule has 1 heterocycles. The highest BCUT2D eigenvalue weighted by Crippen LogP contribution is 2.21. The van der Waals surface area contributed by atoms with Gasteiger partial charge in [-0.15, -0.1) is 10.2 Å².